The molecular weight excluding hydrogens is 282 g/mol. The summed E-state index contributed by atoms with van der Waals surface area (Å²) in [7, 11) is 0. The molecule has 2 N–H and O–H groups in total. The van der Waals surface area contributed by atoms with Gasteiger partial charge < -0.3 is 15.2 Å². The molecule has 0 unspecified atom stereocenters. The second-order valence-corrected chi connectivity index (χ2v) is 5.70. The molecule has 17 heavy (non-hydrogen) atoms. The summed E-state index contributed by atoms with van der Waals surface area (Å²) >= 11 is 3.64. The van der Waals surface area contributed by atoms with Crippen LogP contribution < -0.4 is 15.2 Å². The van der Waals surface area contributed by atoms with Crippen molar-refractivity contribution in [1.29, 1.82) is 0 Å². The Bertz CT molecular complexity index is 441. The lowest BCUT2D eigenvalue weighted by Crippen LogP contribution is -2.32. The fourth-order valence-corrected chi connectivity index (χ4v) is 3.78. The van der Waals surface area contributed by atoms with Crippen molar-refractivity contribution in [3.8, 4) is 11.5 Å². The summed E-state index contributed by atoms with van der Waals surface area (Å²) in [5, 5.41) is 0. The minimum atomic E-state index is 0.0673. The van der Waals surface area contributed by atoms with Gasteiger partial charge in [-0.05, 0) is 25.0 Å². The van der Waals surface area contributed by atoms with Crippen LogP contribution in [0.25, 0.3) is 0 Å². The van der Waals surface area contributed by atoms with Crippen molar-refractivity contribution in [2.45, 2.75) is 31.1 Å². The number of benzene rings is 1. The van der Waals surface area contributed by atoms with Gasteiger partial charge in [0.1, 0.15) is 0 Å². The molecule has 0 atom stereocenters. The van der Waals surface area contributed by atoms with Crippen LogP contribution in [0.2, 0.25) is 0 Å². The molecular formula is C13H16BrNO2. The highest BCUT2D eigenvalue weighted by molar-refractivity contribution is 9.10. The Morgan fingerprint density at radius 3 is 2.71 bits per heavy atom. The first-order valence-corrected chi connectivity index (χ1v) is 6.85. The van der Waals surface area contributed by atoms with Crippen molar-refractivity contribution in [2.75, 3.05) is 13.3 Å². The second kappa shape index (κ2) is 4.18. The molecule has 1 heterocycles. The summed E-state index contributed by atoms with van der Waals surface area (Å²) in [6.45, 7) is 0.991. The number of nitrogens with two attached hydrogens (primary N) is 1. The molecule has 3 nitrogen and oxygen atoms in total. The molecule has 1 aliphatic heterocycles. The van der Waals surface area contributed by atoms with Crippen LogP contribution in [0.5, 0.6) is 11.5 Å². The zero-order chi connectivity index (χ0) is 11.9. The molecule has 1 saturated carbocycles. The highest BCUT2D eigenvalue weighted by Crippen LogP contribution is 2.51. The van der Waals surface area contributed by atoms with E-state index < -0.39 is 0 Å². The third-order valence-corrected chi connectivity index (χ3v) is 4.63. The van der Waals surface area contributed by atoms with Crippen LogP contribution in [-0.2, 0) is 5.41 Å². The van der Waals surface area contributed by atoms with Crippen molar-refractivity contribution in [3.05, 3.63) is 22.2 Å². The van der Waals surface area contributed by atoms with Gasteiger partial charge in [0.15, 0.2) is 11.5 Å². The molecule has 3 rings (SSSR count). The predicted molar refractivity (Wildman–Crippen MR) is 69.5 cm³/mol. The van der Waals surface area contributed by atoms with E-state index in [1.54, 1.807) is 0 Å². The van der Waals surface area contributed by atoms with Crippen LogP contribution in [0.15, 0.2) is 16.6 Å². The summed E-state index contributed by atoms with van der Waals surface area (Å²) in [6.07, 6.45) is 4.77. The van der Waals surface area contributed by atoms with Gasteiger partial charge in [0.25, 0.3) is 0 Å². The number of rotatable bonds is 2. The van der Waals surface area contributed by atoms with Crippen LogP contribution >= 0.6 is 15.9 Å². The molecule has 0 aromatic heterocycles. The van der Waals surface area contributed by atoms with Gasteiger partial charge in [-0.3, -0.25) is 0 Å². The van der Waals surface area contributed by atoms with Crippen LogP contribution in [-0.4, -0.2) is 13.3 Å². The third kappa shape index (κ3) is 1.66. The Labute approximate surface area is 109 Å². The zero-order valence-corrected chi connectivity index (χ0v) is 11.3. The summed E-state index contributed by atoms with van der Waals surface area (Å²) in [5.74, 6) is 1.75. The molecule has 4 heteroatoms. The largest absolute Gasteiger partial charge is 0.454 e. The second-order valence-electron chi connectivity index (χ2n) is 4.85. The van der Waals surface area contributed by atoms with Gasteiger partial charge in [0, 0.05) is 22.0 Å². The van der Waals surface area contributed by atoms with Crippen molar-refractivity contribution in [1.82, 2.24) is 0 Å². The lowest BCUT2D eigenvalue weighted by Gasteiger charge is -2.29. The fourth-order valence-electron chi connectivity index (χ4n) is 3.05. The van der Waals surface area contributed by atoms with Gasteiger partial charge in [-0.15, -0.1) is 0 Å². The van der Waals surface area contributed by atoms with Crippen molar-refractivity contribution in [3.63, 3.8) is 0 Å². The van der Waals surface area contributed by atoms with Gasteiger partial charge in [-0.2, -0.15) is 0 Å². The lowest BCUT2D eigenvalue weighted by atomic mass is 9.78. The lowest BCUT2D eigenvalue weighted by molar-refractivity contribution is 0.172. The highest BCUT2D eigenvalue weighted by atomic mass is 79.9. The van der Waals surface area contributed by atoms with Crippen LogP contribution in [0.1, 0.15) is 31.2 Å². The molecule has 1 aromatic carbocycles. The van der Waals surface area contributed by atoms with E-state index in [4.69, 9.17) is 15.2 Å². The highest BCUT2D eigenvalue weighted by Gasteiger charge is 2.40. The average molecular weight is 298 g/mol. The summed E-state index contributed by atoms with van der Waals surface area (Å²) in [5.41, 5.74) is 7.33. The number of fused-ring (bicyclic) bond motifs is 1. The normalized spacial score (nSPS) is 20.8. The molecule has 0 spiro atoms. The molecule has 0 amide bonds. The minimum Gasteiger partial charge on any atom is -0.454 e. The van der Waals surface area contributed by atoms with Crippen molar-refractivity contribution in [2.24, 2.45) is 5.73 Å². The Morgan fingerprint density at radius 2 is 2.00 bits per heavy atom. The zero-order valence-electron chi connectivity index (χ0n) is 9.67. The molecule has 0 saturated heterocycles. The number of ether oxygens (including phenoxy) is 2. The SMILES string of the molecule is NCC1(c2c(Br)ccc3c2OCO3)CCCC1. The van der Waals surface area contributed by atoms with Crippen LogP contribution in [0, 0.1) is 0 Å². The van der Waals surface area contributed by atoms with E-state index in [-0.39, 0.29) is 5.41 Å². The Hall–Kier alpha value is -0.740. The van der Waals surface area contributed by atoms with E-state index in [1.807, 2.05) is 12.1 Å². The van der Waals surface area contributed by atoms with Gasteiger partial charge in [0.2, 0.25) is 6.79 Å². The number of halogens is 1. The smallest absolute Gasteiger partial charge is 0.231 e. The van der Waals surface area contributed by atoms with E-state index >= 15 is 0 Å². The molecule has 0 radical (unpaired) electrons. The monoisotopic (exact) mass is 297 g/mol. The summed E-state index contributed by atoms with van der Waals surface area (Å²) < 4.78 is 12.2. The molecule has 0 bridgehead atoms. The van der Waals surface area contributed by atoms with Gasteiger partial charge in [0.05, 0.1) is 0 Å². The van der Waals surface area contributed by atoms with Gasteiger partial charge in [-0.1, -0.05) is 28.8 Å². The van der Waals surface area contributed by atoms with E-state index in [0.29, 0.717) is 13.3 Å². The van der Waals surface area contributed by atoms with E-state index in [2.05, 4.69) is 15.9 Å². The molecule has 1 fully saturated rings. The van der Waals surface area contributed by atoms with Gasteiger partial charge >= 0.3 is 0 Å². The van der Waals surface area contributed by atoms with E-state index in [0.717, 1.165) is 28.8 Å². The minimum absolute atomic E-state index is 0.0673. The third-order valence-electron chi connectivity index (χ3n) is 3.97. The maximum Gasteiger partial charge on any atom is 0.231 e. The predicted octanol–water partition coefficient (Wildman–Crippen LogP) is 2.95. The van der Waals surface area contributed by atoms with E-state index in [9.17, 15) is 0 Å². The first-order chi connectivity index (χ1) is 8.27. The van der Waals surface area contributed by atoms with Crippen LogP contribution in [0.3, 0.4) is 0 Å². The fraction of sp³-hybridized carbons (Fsp3) is 0.538. The quantitative estimate of drug-likeness (QED) is 0.913. The Kier molecular flexibility index (Phi) is 2.79. The first kappa shape index (κ1) is 11.4. The molecule has 2 aliphatic rings. The average Bonchev–Trinajstić information content (AvgIpc) is 2.97. The molecule has 92 valence electrons. The topological polar surface area (TPSA) is 44.5 Å². The Morgan fingerprint density at radius 1 is 1.24 bits per heavy atom. The van der Waals surface area contributed by atoms with E-state index in [1.165, 1.54) is 18.4 Å². The maximum absolute atomic E-state index is 6.05. The molecule has 1 aliphatic carbocycles. The molecule has 1 aromatic rings. The first-order valence-electron chi connectivity index (χ1n) is 6.05. The van der Waals surface area contributed by atoms with Gasteiger partial charge in [-0.25, -0.2) is 0 Å². The standard InChI is InChI=1S/C13H16BrNO2/c14-9-3-4-10-12(17-8-16-10)11(9)13(7-15)5-1-2-6-13/h3-4H,1-2,5-8,15H2. The van der Waals surface area contributed by atoms with Crippen LogP contribution in [0.4, 0.5) is 0 Å². The van der Waals surface area contributed by atoms with Crippen molar-refractivity contribution >= 4 is 15.9 Å². The maximum atomic E-state index is 6.05. The van der Waals surface area contributed by atoms with Crippen molar-refractivity contribution < 1.29 is 9.47 Å². The Balaban J connectivity index is 2.16. The number of hydrogen-bond donors (Lipinski definition) is 1. The summed E-state index contributed by atoms with van der Waals surface area (Å²) in [6, 6.07) is 3.99. The summed E-state index contributed by atoms with van der Waals surface area (Å²) in [4.78, 5) is 0. The number of hydrogen-bond acceptors (Lipinski definition) is 3.